The van der Waals surface area contributed by atoms with Gasteiger partial charge in [-0.1, -0.05) is 0 Å². The summed E-state index contributed by atoms with van der Waals surface area (Å²) >= 11 is 0. The third-order valence-corrected chi connectivity index (χ3v) is 1.65. The minimum Gasteiger partial charge on any atom is -0.506 e. The van der Waals surface area contributed by atoms with Gasteiger partial charge in [0.15, 0.2) is 0 Å². The van der Waals surface area contributed by atoms with E-state index in [0.29, 0.717) is 0 Å². The Kier molecular flexibility index (Phi) is 2.75. The number of aromatic hydroxyl groups is 1. The van der Waals surface area contributed by atoms with Gasteiger partial charge in [0.2, 0.25) is 5.91 Å². The van der Waals surface area contributed by atoms with Crippen molar-refractivity contribution in [2.24, 2.45) is 0 Å². The topological polar surface area (TPSA) is 118 Å². The number of carbonyl (C=O) groups excluding carboxylic acids is 1. The maximum Gasteiger partial charge on any atom is 0.295 e. The number of benzene rings is 1. The molecule has 0 saturated heterocycles. The van der Waals surface area contributed by atoms with E-state index in [9.17, 15) is 20.0 Å². The molecular weight excluding hydrogens is 202 g/mol. The Bertz CT molecular complexity index is 430. The van der Waals surface area contributed by atoms with Crippen LogP contribution in [-0.2, 0) is 4.79 Å². The molecule has 0 saturated carbocycles. The van der Waals surface area contributed by atoms with Gasteiger partial charge >= 0.3 is 0 Å². The van der Waals surface area contributed by atoms with Crippen molar-refractivity contribution in [1.82, 2.24) is 0 Å². The van der Waals surface area contributed by atoms with Crippen LogP contribution in [0, 0.1) is 10.1 Å². The highest BCUT2D eigenvalue weighted by atomic mass is 16.6. The molecule has 0 aliphatic heterocycles. The second-order valence-corrected chi connectivity index (χ2v) is 2.87. The number of nitrogens with zero attached hydrogens (tertiary/aromatic N) is 1. The van der Waals surface area contributed by atoms with Crippen molar-refractivity contribution in [1.29, 1.82) is 0 Å². The number of hydrogen-bond acceptors (Lipinski definition) is 5. The van der Waals surface area contributed by atoms with E-state index in [1.54, 1.807) is 0 Å². The van der Waals surface area contributed by atoms with Gasteiger partial charge < -0.3 is 16.2 Å². The number of carbonyl (C=O) groups is 1. The molecule has 0 aliphatic carbocycles. The molecule has 1 rings (SSSR count). The van der Waals surface area contributed by atoms with Crippen LogP contribution in [0.5, 0.6) is 5.75 Å². The summed E-state index contributed by atoms with van der Waals surface area (Å²) in [4.78, 5) is 20.6. The van der Waals surface area contributed by atoms with Gasteiger partial charge in [-0.3, -0.25) is 14.9 Å². The van der Waals surface area contributed by atoms with Crippen LogP contribution in [0.25, 0.3) is 0 Å². The predicted molar refractivity (Wildman–Crippen MR) is 53.5 cm³/mol. The van der Waals surface area contributed by atoms with E-state index in [2.05, 4.69) is 5.32 Å². The molecule has 1 aromatic carbocycles. The lowest BCUT2D eigenvalue weighted by Gasteiger charge is -2.05. The second kappa shape index (κ2) is 3.82. The molecule has 1 amide bonds. The predicted octanol–water partition coefficient (Wildman–Crippen LogP) is 0.841. The Balaban J connectivity index is 3.28. The molecule has 4 N–H and O–H groups in total. The molecule has 0 radical (unpaired) electrons. The first-order chi connectivity index (χ1) is 6.91. The van der Waals surface area contributed by atoms with Crippen molar-refractivity contribution < 1.29 is 14.8 Å². The van der Waals surface area contributed by atoms with Crippen molar-refractivity contribution in [2.45, 2.75) is 6.92 Å². The largest absolute Gasteiger partial charge is 0.506 e. The molecule has 1 aromatic rings. The monoisotopic (exact) mass is 211 g/mol. The normalized spacial score (nSPS) is 9.67. The fourth-order valence-electron chi connectivity index (χ4n) is 1.03. The number of amides is 1. The first-order valence-electron chi connectivity index (χ1n) is 3.96. The lowest BCUT2D eigenvalue weighted by atomic mass is 10.2. The van der Waals surface area contributed by atoms with Crippen molar-refractivity contribution in [3.8, 4) is 5.75 Å². The third kappa shape index (κ3) is 2.33. The Morgan fingerprint density at radius 1 is 1.60 bits per heavy atom. The first-order valence-corrected chi connectivity index (χ1v) is 3.96. The van der Waals surface area contributed by atoms with Crippen LogP contribution in [0.15, 0.2) is 12.1 Å². The number of nitrogens with one attached hydrogen (secondary N) is 1. The number of phenols is 1. The molecular formula is C8H9N3O4. The number of nitrogen functional groups attached to an aromatic ring is 1. The van der Waals surface area contributed by atoms with Crippen LogP contribution in [0.3, 0.4) is 0 Å². The average molecular weight is 211 g/mol. The number of hydrogen-bond donors (Lipinski definition) is 3. The van der Waals surface area contributed by atoms with Crippen LogP contribution in [-0.4, -0.2) is 15.9 Å². The van der Waals surface area contributed by atoms with Crippen molar-refractivity contribution in [2.75, 3.05) is 11.1 Å². The summed E-state index contributed by atoms with van der Waals surface area (Å²) in [5.74, 6) is -0.786. The number of nitro benzene ring substituents is 1. The molecule has 15 heavy (non-hydrogen) atoms. The fraction of sp³-hybridized carbons (Fsp3) is 0.125. The lowest BCUT2D eigenvalue weighted by Crippen LogP contribution is -2.08. The Hall–Kier alpha value is -2.31. The van der Waals surface area contributed by atoms with Gasteiger partial charge in [0, 0.05) is 19.1 Å². The quantitative estimate of drug-likeness (QED) is 0.290. The van der Waals surface area contributed by atoms with Crippen LogP contribution in [0.4, 0.5) is 17.1 Å². The van der Waals surface area contributed by atoms with Crippen LogP contribution < -0.4 is 11.1 Å². The molecule has 7 nitrogen and oxygen atoms in total. The summed E-state index contributed by atoms with van der Waals surface area (Å²) in [6.07, 6.45) is 0. The van der Waals surface area contributed by atoms with Crippen molar-refractivity contribution in [3.63, 3.8) is 0 Å². The summed E-state index contributed by atoms with van der Waals surface area (Å²) in [7, 11) is 0. The van der Waals surface area contributed by atoms with E-state index in [4.69, 9.17) is 5.73 Å². The van der Waals surface area contributed by atoms with E-state index in [-0.39, 0.29) is 22.8 Å². The number of nitrogens with two attached hydrogens (primary N) is 1. The van der Waals surface area contributed by atoms with Gasteiger partial charge in [-0.05, 0) is 0 Å². The van der Waals surface area contributed by atoms with E-state index < -0.39 is 10.8 Å². The SMILES string of the molecule is CC(=O)Nc1cc(O)c(N)cc1[N+](=O)[O-]. The van der Waals surface area contributed by atoms with Crippen molar-refractivity contribution in [3.05, 3.63) is 22.2 Å². The molecule has 7 heteroatoms. The van der Waals surface area contributed by atoms with Gasteiger partial charge in [-0.25, -0.2) is 0 Å². The summed E-state index contributed by atoms with van der Waals surface area (Å²) in [5, 5.41) is 22.0. The zero-order valence-electron chi connectivity index (χ0n) is 7.85. The first kappa shape index (κ1) is 10.8. The minimum absolute atomic E-state index is 0.0841. The maximum absolute atomic E-state index is 10.7. The van der Waals surface area contributed by atoms with Gasteiger partial charge in [-0.15, -0.1) is 0 Å². The highest BCUT2D eigenvalue weighted by molar-refractivity contribution is 5.92. The molecule has 0 aliphatic rings. The molecule has 0 fully saturated rings. The second-order valence-electron chi connectivity index (χ2n) is 2.87. The van der Waals surface area contributed by atoms with Gasteiger partial charge in [0.25, 0.3) is 5.69 Å². The summed E-state index contributed by atoms with van der Waals surface area (Å²) in [6, 6.07) is 2.02. The van der Waals surface area contributed by atoms with E-state index in [0.717, 1.165) is 12.1 Å². The zero-order chi connectivity index (χ0) is 11.6. The van der Waals surface area contributed by atoms with E-state index >= 15 is 0 Å². The molecule has 0 bridgehead atoms. The lowest BCUT2D eigenvalue weighted by molar-refractivity contribution is -0.383. The Labute approximate surface area is 84.7 Å². The highest BCUT2D eigenvalue weighted by Crippen LogP contribution is 2.33. The third-order valence-electron chi connectivity index (χ3n) is 1.65. The molecule has 0 unspecified atom stereocenters. The zero-order valence-corrected chi connectivity index (χ0v) is 7.85. The van der Waals surface area contributed by atoms with Crippen molar-refractivity contribution >= 4 is 23.0 Å². The highest BCUT2D eigenvalue weighted by Gasteiger charge is 2.17. The Morgan fingerprint density at radius 3 is 2.67 bits per heavy atom. The smallest absolute Gasteiger partial charge is 0.295 e. The van der Waals surface area contributed by atoms with Crippen LogP contribution in [0.2, 0.25) is 0 Å². The Morgan fingerprint density at radius 2 is 2.20 bits per heavy atom. The molecule has 0 aromatic heterocycles. The summed E-state index contributed by atoms with van der Waals surface area (Å²) in [5.41, 5.74) is 4.73. The minimum atomic E-state index is -0.693. The average Bonchev–Trinajstić information content (AvgIpc) is 2.09. The number of rotatable bonds is 2. The summed E-state index contributed by atoms with van der Waals surface area (Å²) < 4.78 is 0. The van der Waals surface area contributed by atoms with Gasteiger partial charge in [0.1, 0.15) is 11.4 Å². The molecule has 80 valence electrons. The van der Waals surface area contributed by atoms with E-state index in [1.165, 1.54) is 6.92 Å². The molecule has 0 atom stereocenters. The number of phenolic OH excluding ortho intramolecular Hbond substituents is 1. The number of nitro groups is 1. The van der Waals surface area contributed by atoms with E-state index in [1.807, 2.05) is 0 Å². The molecule has 0 heterocycles. The van der Waals surface area contributed by atoms with Gasteiger partial charge in [-0.2, -0.15) is 0 Å². The van der Waals surface area contributed by atoms with Gasteiger partial charge in [0.05, 0.1) is 10.6 Å². The fourth-order valence-corrected chi connectivity index (χ4v) is 1.03. The number of anilines is 2. The maximum atomic E-state index is 10.7. The standard InChI is InChI=1S/C8H9N3O4/c1-4(12)10-6-3-8(13)5(9)2-7(6)11(14)15/h2-3,13H,9H2,1H3,(H,10,12). The van der Waals surface area contributed by atoms with Crippen LogP contribution >= 0.6 is 0 Å². The van der Waals surface area contributed by atoms with Crippen LogP contribution in [0.1, 0.15) is 6.92 Å². The molecule has 0 spiro atoms. The summed E-state index contributed by atoms with van der Waals surface area (Å²) in [6.45, 7) is 1.21.